The van der Waals surface area contributed by atoms with E-state index in [1.165, 1.54) is 23.5 Å². The average Bonchev–Trinajstić information content (AvgIpc) is 2.80. The molecule has 9 heteroatoms. The highest BCUT2D eigenvalue weighted by molar-refractivity contribution is 7.89. The largest absolute Gasteiger partial charge is 0.497 e. The molecule has 1 aliphatic rings. The highest BCUT2D eigenvalue weighted by Crippen LogP contribution is 2.23. The maximum Gasteiger partial charge on any atom is 0.252 e. The van der Waals surface area contributed by atoms with Gasteiger partial charge in [0, 0.05) is 24.2 Å². The van der Waals surface area contributed by atoms with Gasteiger partial charge < -0.3 is 19.2 Å². The first-order chi connectivity index (χ1) is 15.4. The van der Waals surface area contributed by atoms with Crippen LogP contribution in [0.2, 0.25) is 0 Å². The number of fused-ring (bicyclic) bond motifs is 1. The number of hydrogen-bond acceptors (Lipinski definition) is 6. The Labute approximate surface area is 186 Å². The van der Waals surface area contributed by atoms with Gasteiger partial charge in [0.25, 0.3) is 5.56 Å². The van der Waals surface area contributed by atoms with E-state index in [0.29, 0.717) is 36.7 Å². The van der Waals surface area contributed by atoms with Crippen LogP contribution in [0.4, 0.5) is 0 Å². The molecular weight excluding hydrogens is 432 g/mol. The van der Waals surface area contributed by atoms with E-state index in [0.717, 1.165) is 10.9 Å². The molecule has 4 rings (SSSR count). The van der Waals surface area contributed by atoms with Crippen molar-refractivity contribution in [2.45, 2.75) is 24.5 Å². The summed E-state index contributed by atoms with van der Waals surface area (Å²) in [5.41, 5.74) is 1.79. The number of ether oxygens (including phenoxy) is 3. The third-order valence-corrected chi connectivity index (χ3v) is 7.24. The number of sulfonamides is 1. The summed E-state index contributed by atoms with van der Waals surface area (Å²) in [5, 5.41) is 0.846. The molecule has 1 aliphatic heterocycles. The Morgan fingerprint density at radius 1 is 1.12 bits per heavy atom. The van der Waals surface area contributed by atoms with Gasteiger partial charge >= 0.3 is 0 Å². The fourth-order valence-corrected chi connectivity index (χ4v) is 5.14. The van der Waals surface area contributed by atoms with Crippen molar-refractivity contribution in [3.8, 4) is 5.75 Å². The summed E-state index contributed by atoms with van der Waals surface area (Å²) in [4.78, 5) is 15.7. The molecule has 1 atom stereocenters. The molecule has 170 valence electrons. The molecule has 2 heterocycles. The molecule has 2 aromatic carbocycles. The quantitative estimate of drug-likeness (QED) is 0.584. The van der Waals surface area contributed by atoms with E-state index < -0.39 is 16.1 Å². The predicted molar refractivity (Wildman–Crippen MR) is 120 cm³/mol. The van der Waals surface area contributed by atoms with Crippen molar-refractivity contribution in [2.24, 2.45) is 0 Å². The second kappa shape index (κ2) is 9.41. The summed E-state index contributed by atoms with van der Waals surface area (Å²) in [5.74, 6) is 0.556. The van der Waals surface area contributed by atoms with Crippen LogP contribution in [0, 0.1) is 6.92 Å². The molecule has 1 N–H and O–H groups in total. The van der Waals surface area contributed by atoms with Crippen LogP contribution in [0.15, 0.2) is 58.2 Å². The zero-order chi connectivity index (χ0) is 22.7. The molecule has 0 radical (unpaired) electrons. The van der Waals surface area contributed by atoms with Gasteiger partial charge in [-0.15, -0.1) is 0 Å². The minimum atomic E-state index is -3.91. The van der Waals surface area contributed by atoms with Crippen LogP contribution >= 0.6 is 0 Å². The van der Waals surface area contributed by atoms with E-state index >= 15 is 0 Å². The van der Waals surface area contributed by atoms with E-state index in [4.69, 9.17) is 14.2 Å². The Hall–Kier alpha value is -2.72. The topological polar surface area (TPSA) is 97.9 Å². The molecule has 0 aliphatic carbocycles. The minimum Gasteiger partial charge on any atom is -0.497 e. The van der Waals surface area contributed by atoms with Crippen molar-refractivity contribution in [3.63, 3.8) is 0 Å². The van der Waals surface area contributed by atoms with Gasteiger partial charge in [-0.2, -0.15) is 4.31 Å². The summed E-state index contributed by atoms with van der Waals surface area (Å²) in [6, 6.07) is 13.6. The van der Waals surface area contributed by atoms with Crippen molar-refractivity contribution >= 4 is 20.9 Å². The van der Waals surface area contributed by atoms with Gasteiger partial charge in [-0.05, 0) is 54.8 Å². The van der Waals surface area contributed by atoms with Crippen molar-refractivity contribution in [3.05, 3.63) is 70.0 Å². The molecule has 0 amide bonds. The highest BCUT2D eigenvalue weighted by Gasteiger charge is 2.30. The van der Waals surface area contributed by atoms with Gasteiger partial charge in [-0.25, -0.2) is 8.42 Å². The van der Waals surface area contributed by atoms with Crippen LogP contribution in [0.3, 0.4) is 0 Å². The molecule has 32 heavy (non-hydrogen) atoms. The van der Waals surface area contributed by atoms with Crippen LogP contribution in [0.5, 0.6) is 5.75 Å². The van der Waals surface area contributed by atoms with Crippen molar-refractivity contribution in [1.29, 1.82) is 0 Å². The second-order valence-electron chi connectivity index (χ2n) is 7.76. The SMILES string of the molecule is COc1ccc(S(=O)(=O)N(Cc2cc3cc(C)ccc3[nH]c2=O)C[C@H]2COCCO2)cc1. The first-order valence-corrected chi connectivity index (χ1v) is 11.8. The lowest BCUT2D eigenvalue weighted by Crippen LogP contribution is -2.43. The van der Waals surface area contributed by atoms with Gasteiger partial charge in [-0.3, -0.25) is 4.79 Å². The maximum atomic E-state index is 13.5. The third-order valence-electron chi connectivity index (χ3n) is 5.41. The zero-order valence-corrected chi connectivity index (χ0v) is 18.9. The molecule has 0 spiro atoms. The molecule has 1 aromatic heterocycles. The highest BCUT2D eigenvalue weighted by atomic mass is 32.2. The molecule has 0 bridgehead atoms. The lowest BCUT2D eigenvalue weighted by atomic mass is 10.1. The van der Waals surface area contributed by atoms with E-state index in [2.05, 4.69) is 4.98 Å². The number of aryl methyl sites for hydroxylation is 1. The van der Waals surface area contributed by atoms with E-state index in [9.17, 15) is 13.2 Å². The maximum absolute atomic E-state index is 13.5. The predicted octanol–water partition coefficient (Wildman–Crippen LogP) is 2.45. The Kier molecular flexibility index (Phi) is 6.61. The van der Waals surface area contributed by atoms with Crippen LogP contribution in [0.1, 0.15) is 11.1 Å². The number of rotatable bonds is 7. The van der Waals surface area contributed by atoms with E-state index in [1.807, 2.05) is 25.1 Å². The number of nitrogens with one attached hydrogen (secondary N) is 1. The average molecular weight is 459 g/mol. The number of hydrogen-bond donors (Lipinski definition) is 1. The zero-order valence-electron chi connectivity index (χ0n) is 18.0. The monoisotopic (exact) mass is 458 g/mol. The Balaban J connectivity index is 1.71. The molecule has 1 fully saturated rings. The van der Waals surface area contributed by atoms with E-state index in [-0.39, 0.29) is 23.5 Å². The van der Waals surface area contributed by atoms with Crippen molar-refractivity contribution < 1.29 is 22.6 Å². The smallest absolute Gasteiger partial charge is 0.252 e. The van der Waals surface area contributed by atoms with Crippen LogP contribution in [-0.2, 0) is 26.0 Å². The van der Waals surface area contributed by atoms with Gasteiger partial charge in [0.2, 0.25) is 10.0 Å². The number of aromatic amines is 1. The minimum absolute atomic E-state index is 0.0691. The number of aromatic nitrogens is 1. The molecule has 0 saturated carbocycles. The molecule has 8 nitrogen and oxygen atoms in total. The van der Waals surface area contributed by atoms with Crippen LogP contribution < -0.4 is 10.3 Å². The summed E-state index contributed by atoms with van der Waals surface area (Å²) in [7, 11) is -2.39. The molecule has 0 unspecified atom stereocenters. The normalized spacial score (nSPS) is 17.0. The molecular formula is C23H26N2O6S. The van der Waals surface area contributed by atoms with Crippen LogP contribution in [0.25, 0.3) is 10.9 Å². The fraction of sp³-hybridized carbons (Fsp3) is 0.348. The lowest BCUT2D eigenvalue weighted by Gasteiger charge is -2.29. The van der Waals surface area contributed by atoms with Gasteiger partial charge in [0.1, 0.15) is 5.75 Å². The van der Waals surface area contributed by atoms with Gasteiger partial charge in [0.05, 0.1) is 37.9 Å². The number of pyridine rings is 1. The summed E-state index contributed by atoms with van der Waals surface area (Å²) in [6.45, 7) is 3.11. The Bertz CT molecular complexity index is 1250. The fourth-order valence-electron chi connectivity index (χ4n) is 3.69. The summed E-state index contributed by atoms with van der Waals surface area (Å²) in [6.07, 6.45) is -0.418. The second-order valence-corrected chi connectivity index (χ2v) is 9.69. The van der Waals surface area contributed by atoms with Crippen molar-refractivity contribution in [1.82, 2.24) is 9.29 Å². The number of benzene rings is 2. The van der Waals surface area contributed by atoms with E-state index in [1.54, 1.807) is 18.2 Å². The van der Waals surface area contributed by atoms with Crippen LogP contribution in [-0.4, -0.2) is 57.3 Å². The summed E-state index contributed by atoms with van der Waals surface area (Å²) < 4.78 is 44.6. The first kappa shape index (κ1) is 22.5. The number of methoxy groups -OCH3 is 1. The lowest BCUT2D eigenvalue weighted by molar-refractivity contribution is -0.0923. The number of nitrogens with zero attached hydrogens (tertiary/aromatic N) is 1. The van der Waals surface area contributed by atoms with Gasteiger partial charge in [-0.1, -0.05) is 11.6 Å². The first-order valence-electron chi connectivity index (χ1n) is 10.3. The number of H-pyrrole nitrogens is 1. The standard InChI is InChI=1S/C23H26N2O6S/c1-16-3-8-22-17(11-16)12-18(23(26)24-22)13-25(14-20-15-30-9-10-31-20)32(27,28)21-6-4-19(29-2)5-7-21/h3-8,11-12,20H,9-10,13-15H2,1-2H3,(H,24,26)/t20-/m0/s1. The third kappa shape index (κ3) is 4.86. The molecule has 3 aromatic rings. The van der Waals surface area contributed by atoms with Crippen molar-refractivity contribution in [2.75, 3.05) is 33.5 Å². The Morgan fingerprint density at radius 2 is 1.91 bits per heavy atom. The molecule has 1 saturated heterocycles. The Morgan fingerprint density at radius 3 is 2.59 bits per heavy atom. The summed E-state index contributed by atoms with van der Waals surface area (Å²) >= 11 is 0. The van der Waals surface area contributed by atoms with Gasteiger partial charge in [0.15, 0.2) is 0 Å².